The van der Waals surface area contributed by atoms with Gasteiger partial charge in [-0.15, -0.1) is 0 Å². The van der Waals surface area contributed by atoms with Crippen molar-refractivity contribution in [1.82, 2.24) is 4.90 Å². The zero-order valence-electron chi connectivity index (χ0n) is 15.1. The average molecular weight is 406 g/mol. The van der Waals surface area contributed by atoms with Crippen molar-refractivity contribution in [3.63, 3.8) is 0 Å². The first-order valence-electron chi connectivity index (χ1n) is 5.97. The summed E-state index contributed by atoms with van der Waals surface area (Å²) >= 11 is 0. The van der Waals surface area contributed by atoms with Gasteiger partial charge < -0.3 is 39.3 Å². The maximum atomic E-state index is 10.9. The monoisotopic (exact) mass is 406 g/mol. The van der Waals surface area contributed by atoms with Gasteiger partial charge in [-0.1, -0.05) is 19.8 Å². The predicted octanol–water partition coefficient (Wildman–Crippen LogP) is -14.0. The number of nitrogens with two attached hydrogens (primary N) is 1. The smallest absolute Gasteiger partial charge is 0.809 e. The quantitative estimate of drug-likeness (QED) is 0.225. The Morgan fingerprint density at radius 2 is 1.30 bits per heavy atom. The van der Waals surface area contributed by atoms with E-state index < -0.39 is 26.6 Å². The van der Waals surface area contributed by atoms with Gasteiger partial charge in [-0.05, 0) is 41.6 Å². The minimum Gasteiger partial charge on any atom is -0.809 e. The third kappa shape index (κ3) is 13.9. The van der Waals surface area contributed by atoms with E-state index in [9.17, 15) is 28.7 Å². The van der Waals surface area contributed by atoms with Crippen LogP contribution in [0.4, 0.5) is 0 Å². The van der Waals surface area contributed by atoms with Crippen LogP contribution in [0, 0.1) is 0 Å². The largest absolute Gasteiger partial charge is 1.00 e. The van der Waals surface area contributed by atoms with E-state index in [0.717, 1.165) is 19.3 Å². The molecule has 0 heterocycles. The van der Waals surface area contributed by atoms with E-state index in [0.29, 0.717) is 6.54 Å². The van der Waals surface area contributed by atoms with Gasteiger partial charge in [0.05, 0.1) is 5.02 Å². The molecule has 0 saturated carbocycles. The first-order chi connectivity index (χ1) is 8.45. The molecule has 2 N–H and O–H groups in total. The van der Waals surface area contributed by atoms with Crippen molar-refractivity contribution in [2.75, 3.05) is 20.1 Å². The summed E-state index contributed by atoms with van der Waals surface area (Å²) in [6, 6.07) is 0. The molecule has 0 rings (SSSR count). The van der Waals surface area contributed by atoms with Gasteiger partial charge in [-0.2, -0.15) is 0 Å². The SMILES string of the molecule is CCCCCN(C)CCC(N)(P(=O)([O-])[O-])P(=O)([O-])[O-].[Na+].[Na+].[Na+].[Na+]. The molecule has 0 bridgehead atoms. The molecule has 8 nitrogen and oxygen atoms in total. The molecule has 14 heteroatoms. The van der Waals surface area contributed by atoms with Crippen LogP contribution >= 0.6 is 15.2 Å². The van der Waals surface area contributed by atoms with Crippen molar-refractivity contribution in [1.29, 1.82) is 0 Å². The molecular weight excluding hydrogens is 386 g/mol. The van der Waals surface area contributed by atoms with Crippen LogP contribution in [0.25, 0.3) is 0 Å². The maximum Gasteiger partial charge on any atom is 1.00 e. The molecule has 0 aromatic heterocycles. The molecule has 116 valence electrons. The second kappa shape index (κ2) is 17.1. The van der Waals surface area contributed by atoms with Crippen molar-refractivity contribution in [2.24, 2.45) is 5.73 Å². The van der Waals surface area contributed by atoms with Crippen LogP contribution in [0.15, 0.2) is 0 Å². The molecule has 0 aliphatic heterocycles. The Kier molecular flexibility index (Phi) is 28.2. The molecule has 0 spiro atoms. The van der Waals surface area contributed by atoms with Crippen molar-refractivity contribution < 1.29 is 147 Å². The fourth-order valence-corrected chi connectivity index (χ4v) is 3.47. The molecular formula is C9H20N2Na4O6P2. The van der Waals surface area contributed by atoms with E-state index in [1.807, 2.05) is 6.92 Å². The van der Waals surface area contributed by atoms with Gasteiger partial charge in [0.2, 0.25) is 0 Å². The predicted molar refractivity (Wildman–Crippen MR) is 63.8 cm³/mol. The first-order valence-corrected chi connectivity index (χ1v) is 9.06. The Labute approximate surface area is 227 Å². The van der Waals surface area contributed by atoms with Crippen molar-refractivity contribution in [3.8, 4) is 0 Å². The normalized spacial score (nSPS) is 11.7. The third-order valence-corrected chi connectivity index (χ3v) is 6.77. The van der Waals surface area contributed by atoms with Crippen molar-refractivity contribution in [2.45, 2.75) is 37.6 Å². The Morgan fingerprint density at radius 1 is 0.913 bits per heavy atom. The summed E-state index contributed by atoms with van der Waals surface area (Å²) in [6.07, 6.45) is 2.11. The van der Waals surface area contributed by atoms with Crippen molar-refractivity contribution in [3.05, 3.63) is 0 Å². The van der Waals surface area contributed by atoms with Crippen LogP contribution in [0.5, 0.6) is 0 Å². The van der Waals surface area contributed by atoms with Crippen LogP contribution in [0.3, 0.4) is 0 Å². The van der Waals surface area contributed by atoms with Crippen LogP contribution in [-0.2, 0) is 9.13 Å². The van der Waals surface area contributed by atoms with E-state index in [2.05, 4.69) is 0 Å². The maximum absolute atomic E-state index is 10.9. The molecule has 0 atom stereocenters. The third-order valence-electron chi connectivity index (χ3n) is 2.95. The molecule has 0 unspecified atom stereocenters. The number of nitrogens with zero attached hydrogens (tertiary/aromatic N) is 1. The molecule has 23 heavy (non-hydrogen) atoms. The fourth-order valence-electron chi connectivity index (χ4n) is 1.52. The summed E-state index contributed by atoms with van der Waals surface area (Å²) in [5.74, 6) is 0. The number of unbranched alkanes of at least 4 members (excludes halogenated alkanes) is 2. The fraction of sp³-hybridized carbons (Fsp3) is 1.00. The van der Waals surface area contributed by atoms with Crippen LogP contribution in [0.2, 0.25) is 0 Å². The standard InChI is InChI=1S/C9H24N2O6P2.4Na/c1-3-4-5-7-11(2)8-6-9(10,18(12,13)14)19(15,16)17;;;;/h3-8,10H2,1-2H3,(H2,12,13,14)(H2,15,16,17);;;;/q;4*+1/p-4. The summed E-state index contributed by atoms with van der Waals surface area (Å²) in [6.45, 7) is 2.57. The van der Waals surface area contributed by atoms with E-state index in [-0.39, 0.29) is 125 Å². The Hall–Kier alpha value is 4.22. The second-order valence-electron chi connectivity index (χ2n) is 4.63. The van der Waals surface area contributed by atoms with E-state index >= 15 is 0 Å². The van der Waals surface area contributed by atoms with E-state index in [1.165, 1.54) is 0 Å². The summed E-state index contributed by atoms with van der Waals surface area (Å²) in [5, 5.41) is -3.25. The van der Waals surface area contributed by atoms with Gasteiger partial charge in [0.25, 0.3) is 0 Å². The second-order valence-corrected chi connectivity index (χ2v) is 8.57. The Bertz CT molecular complexity index is 359. The van der Waals surface area contributed by atoms with Crippen molar-refractivity contribution >= 4 is 15.2 Å². The minimum atomic E-state index is -5.73. The van der Waals surface area contributed by atoms with Crippen LogP contribution < -0.4 is 144 Å². The molecule has 0 radical (unpaired) electrons. The van der Waals surface area contributed by atoms with Crippen LogP contribution in [0.1, 0.15) is 32.6 Å². The summed E-state index contributed by atoms with van der Waals surface area (Å²) < 4.78 is 21.9. The number of hydrogen-bond acceptors (Lipinski definition) is 8. The molecule has 0 amide bonds. The Balaban J connectivity index is -0.000000270. The molecule has 0 saturated heterocycles. The minimum absolute atomic E-state index is 0. The van der Waals surface area contributed by atoms with E-state index in [4.69, 9.17) is 5.73 Å². The molecule has 0 aromatic rings. The number of hydrogen-bond donors (Lipinski definition) is 1. The van der Waals surface area contributed by atoms with Gasteiger partial charge in [-0.3, -0.25) is 0 Å². The van der Waals surface area contributed by atoms with Gasteiger partial charge in [0, 0.05) is 6.54 Å². The zero-order valence-corrected chi connectivity index (χ0v) is 24.9. The summed E-state index contributed by atoms with van der Waals surface area (Å²) in [7, 11) is -9.83. The summed E-state index contributed by atoms with van der Waals surface area (Å²) in [4.78, 5) is 45.4. The first kappa shape index (κ1) is 37.9. The molecule has 0 aliphatic carbocycles. The average Bonchev–Trinajstić information content (AvgIpc) is 2.23. The molecule has 0 aliphatic rings. The van der Waals surface area contributed by atoms with E-state index in [1.54, 1.807) is 11.9 Å². The summed E-state index contributed by atoms with van der Waals surface area (Å²) in [5.41, 5.74) is 5.05. The Morgan fingerprint density at radius 3 is 1.61 bits per heavy atom. The topological polar surface area (TPSA) is 156 Å². The van der Waals surface area contributed by atoms with Gasteiger partial charge in [0.1, 0.15) is 0 Å². The zero-order chi connectivity index (χ0) is 15.3. The van der Waals surface area contributed by atoms with Crippen LogP contribution in [-0.4, -0.2) is 30.1 Å². The molecule has 0 fully saturated rings. The molecule has 0 aromatic carbocycles. The van der Waals surface area contributed by atoms with Gasteiger partial charge in [-0.25, -0.2) is 0 Å². The van der Waals surface area contributed by atoms with Gasteiger partial charge in [0.15, 0.2) is 0 Å². The van der Waals surface area contributed by atoms with Gasteiger partial charge >= 0.3 is 118 Å². The number of rotatable bonds is 9.